The average molecular weight is 534 g/mol. The summed E-state index contributed by atoms with van der Waals surface area (Å²) >= 11 is 12.1. The minimum absolute atomic E-state index is 0.0118. The minimum Gasteiger partial charge on any atom is -0.355 e. The molecule has 0 aromatic heterocycles. The zero-order valence-electron chi connectivity index (χ0n) is 20.6. The van der Waals surface area contributed by atoms with Gasteiger partial charge in [0.05, 0.1) is 22.3 Å². The first-order valence-electron chi connectivity index (χ1n) is 12.7. The molecular weight excluding hydrogens is 500 g/mol. The third-order valence-corrected chi connectivity index (χ3v) is 7.72. The first kappa shape index (κ1) is 27.2. The van der Waals surface area contributed by atoms with Crippen LogP contribution in [0.15, 0.2) is 23.3 Å². The van der Waals surface area contributed by atoms with E-state index in [2.05, 4.69) is 25.5 Å². The van der Waals surface area contributed by atoms with Crippen molar-refractivity contribution in [2.75, 3.05) is 63.9 Å². The van der Waals surface area contributed by atoms with Crippen LogP contribution in [-0.2, 0) is 9.59 Å². The number of halogens is 2. The molecule has 0 aliphatic carbocycles. The third-order valence-electron chi connectivity index (χ3n) is 6.98. The molecule has 9 nitrogen and oxygen atoms in total. The smallest absolute Gasteiger partial charge is 0.234 e. The summed E-state index contributed by atoms with van der Waals surface area (Å²) in [4.78, 5) is 31.3. The molecule has 194 valence electrons. The Morgan fingerprint density at radius 1 is 1.00 bits per heavy atom. The Morgan fingerprint density at radius 2 is 1.75 bits per heavy atom. The number of carbonyl (C=O) groups is 2. The molecule has 36 heavy (non-hydrogen) atoms. The summed E-state index contributed by atoms with van der Waals surface area (Å²) in [6, 6.07) is 5.94. The molecule has 1 aromatic carbocycles. The molecule has 3 aliphatic rings. The van der Waals surface area contributed by atoms with Crippen molar-refractivity contribution in [3.8, 4) is 0 Å². The van der Waals surface area contributed by atoms with E-state index in [0.717, 1.165) is 57.8 Å². The summed E-state index contributed by atoms with van der Waals surface area (Å²) in [5.41, 5.74) is 0.828. The largest absolute Gasteiger partial charge is 0.355 e. The summed E-state index contributed by atoms with van der Waals surface area (Å²) < 4.78 is 0. The summed E-state index contributed by atoms with van der Waals surface area (Å²) in [7, 11) is 5.87. The molecular formula is C24H34BCl2N7O2. The van der Waals surface area contributed by atoms with Crippen LogP contribution in [0.25, 0.3) is 0 Å². The van der Waals surface area contributed by atoms with Gasteiger partial charge in [-0.25, -0.2) is 0 Å². The number of anilines is 1. The lowest BCUT2D eigenvalue weighted by molar-refractivity contribution is -0.123. The Balaban J connectivity index is 1.08. The average Bonchev–Trinajstić information content (AvgIpc) is 3.33. The molecule has 3 aliphatic heterocycles. The summed E-state index contributed by atoms with van der Waals surface area (Å²) in [6.07, 6.45) is 3.78. The SMILES string of the molecule is [B]N1CCC(N2CCN(CC(=O)NCCCC(=O)NC3=NN(c4ccc(Cl)c(Cl)c4)CC3)CC2)CC1. The molecule has 2 fully saturated rings. The van der Waals surface area contributed by atoms with Crippen LogP contribution in [0.4, 0.5) is 5.69 Å². The van der Waals surface area contributed by atoms with Crippen molar-refractivity contribution < 1.29 is 9.59 Å². The summed E-state index contributed by atoms with van der Waals surface area (Å²) in [6.45, 7) is 7.25. The van der Waals surface area contributed by atoms with E-state index in [4.69, 9.17) is 31.2 Å². The Bertz CT molecular complexity index is 950. The lowest BCUT2D eigenvalue weighted by Crippen LogP contribution is -2.54. The van der Waals surface area contributed by atoms with Crippen LogP contribution in [0, 0.1) is 0 Å². The lowest BCUT2D eigenvalue weighted by atomic mass is 10.00. The summed E-state index contributed by atoms with van der Waals surface area (Å²) in [5, 5.41) is 13.0. The number of hydrogen-bond donors (Lipinski definition) is 2. The van der Waals surface area contributed by atoms with Crippen molar-refractivity contribution in [1.29, 1.82) is 0 Å². The minimum atomic E-state index is -0.101. The van der Waals surface area contributed by atoms with Gasteiger partial charge in [-0.1, -0.05) is 23.2 Å². The Morgan fingerprint density at radius 3 is 2.47 bits per heavy atom. The number of carbonyl (C=O) groups excluding carboxylic acids is 2. The first-order valence-corrected chi connectivity index (χ1v) is 13.5. The molecule has 4 rings (SSSR count). The molecule has 0 atom stereocenters. The van der Waals surface area contributed by atoms with E-state index in [0.29, 0.717) is 60.8 Å². The molecule has 2 amide bonds. The van der Waals surface area contributed by atoms with Crippen LogP contribution in [0.5, 0.6) is 0 Å². The molecule has 2 N–H and O–H groups in total. The highest BCUT2D eigenvalue weighted by atomic mass is 35.5. The first-order chi connectivity index (χ1) is 17.4. The number of benzene rings is 1. The van der Waals surface area contributed by atoms with E-state index in [1.165, 1.54) is 0 Å². The van der Waals surface area contributed by atoms with Gasteiger partial charge < -0.3 is 15.4 Å². The number of piperidine rings is 1. The molecule has 0 bridgehead atoms. The van der Waals surface area contributed by atoms with Crippen LogP contribution in [0.2, 0.25) is 10.0 Å². The van der Waals surface area contributed by atoms with Crippen molar-refractivity contribution >= 4 is 54.5 Å². The topological polar surface area (TPSA) is 83.5 Å². The number of nitrogens with zero attached hydrogens (tertiary/aromatic N) is 5. The van der Waals surface area contributed by atoms with Crippen LogP contribution in [0.1, 0.15) is 32.1 Å². The number of hydrogen-bond acceptors (Lipinski definition) is 7. The summed E-state index contributed by atoms with van der Waals surface area (Å²) in [5.74, 6) is 0.538. The number of rotatable bonds is 8. The maximum absolute atomic E-state index is 12.3. The Labute approximate surface area is 224 Å². The fourth-order valence-electron chi connectivity index (χ4n) is 4.87. The molecule has 1 aromatic rings. The zero-order valence-corrected chi connectivity index (χ0v) is 22.1. The van der Waals surface area contributed by atoms with E-state index in [9.17, 15) is 9.59 Å². The normalized spacial score (nSPS) is 20.4. The second kappa shape index (κ2) is 13.1. The van der Waals surface area contributed by atoms with E-state index < -0.39 is 0 Å². The molecule has 2 saturated heterocycles. The van der Waals surface area contributed by atoms with Crippen molar-refractivity contribution in [3.63, 3.8) is 0 Å². The highest BCUT2D eigenvalue weighted by Gasteiger charge is 2.27. The highest BCUT2D eigenvalue weighted by Crippen LogP contribution is 2.28. The Kier molecular flexibility index (Phi) is 9.90. The predicted octanol–water partition coefficient (Wildman–Crippen LogP) is 1.70. The molecule has 3 heterocycles. The van der Waals surface area contributed by atoms with Gasteiger partial charge in [0.15, 0.2) is 7.98 Å². The van der Waals surface area contributed by atoms with Gasteiger partial charge in [-0.05, 0) is 50.6 Å². The fourth-order valence-corrected chi connectivity index (χ4v) is 5.17. The van der Waals surface area contributed by atoms with Crippen molar-refractivity contribution in [1.82, 2.24) is 25.2 Å². The van der Waals surface area contributed by atoms with Crippen molar-refractivity contribution in [3.05, 3.63) is 28.2 Å². The van der Waals surface area contributed by atoms with Gasteiger partial charge in [-0.2, -0.15) is 5.10 Å². The number of amidine groups is 1. The second-order valence-electron chi connectivity index (χ2n) is 9.60. The molecule has 2 radical (unpaired) electrons. The van der Waals surface area contributed by atoms with Crippen LogP contribution >= 0.6 is 23.2 Å². The molecule has 0 saturated carbocycles. The second-order valence-corrected chi connectivity index (χ2v) is 10.4. The molecule has 0 spiro atoms. The fraction of sp³-hybridized carbons (Fsp3) is 0.625. The number of nitrogens with one attached hydrogen (secondary N) is 2. The zero-order chi connectivity index (χ0) is 25.5. The maximum Gasteiger partial charge on any atom is 0.234 e. The highest BCUT2D eigenvalue weighted by molar-refractivity contribution is 6.42. The van der Waals surface area contributed by atoms with E-state index in [1.807, 2.05) is 10.9 Å². The number of hydrazone groups is 1. The predicted molar refractivity (Wildman–Crippen MR) is 145 cm³/mol. The van der Waals surface area contributed by atoms with Gasteiger partial charge in [0.1, 0.15) is 5.84 Å². The third kappa shape index (κ3) is 7.83. The van der Waals surface area contributed by atoms with Gasteiger partial charge in [-0.3, -0.25) is 24.4 Å². The quantitative estimate of drug-likeness (QED) is 0.391. The van der Waals surface area contributed by atoms with E-state index >= 15 is 0 Å². The Hall–Kier alpha value is -1.85. The van der Waals surface area contributed by atoms with Gasteiger partial charge in [-0.15, -0.1) is 0 Å². The monoisotopic (exact) mass is 533 g/mol. The van der Waals surface area contributed by atoms with Gasteiger partial charge in [0, 0.05) is 58.2 Å². The van der Waals surface area contributed by atoms with Crippen LogP contribution in [0.3, 0.4) is 0 Å². The van der Waals surface area contributed by atoms with Crippen LogP contribution in [-0.4, -0.2) is 105 Å². The van der Waals surface area contributed by atoms with Gasteiger partial charge in [0.25, 0.3) is 0 Å². The van der Waals surface area contributed by atoms with Gasteiger partial charge in [0.2, 0.25) is 11.8 Å². The maximum atomic E-state index is 12.3. The van der Waals surface area contributed by atoms with Crippen molar-refractivity contribution in [2.24, 2.45) is 5.10 Å². The molecule has 12 heteroatoms. The van der Waals surface area contributed by atoms with Crippen LogP contribution < -0.4 is 15.6 Å². The van der Waals surface area contributed by atoms with Gasteiger partial charge >= 0.3 is 0 Å². The van der Waals surface area contributed by atoms with E-state index in [-0.39, 0.29) is 11.8 Å². The number of amides is 2. The molecule has 0 unspecified atom stereocenters. The number of piperazine rings is 1. The van der Waals surface area contributed by atoms with E-state index in [1.54, 1.807) is 17.1 Å². The van der Waals surface area contributed by atoms with Crippen molar-refractivity contribution in [2.45, 2.75) is 38.1 Å². The standard InChI is InChI=1S/C24H34BCl2N7O2/c25-33-9-5-18(6-10-33)32-14-12-31(13-15-32)17-24(36)28-8-1-2-23(35)29-22-7-11-34(30-22)19-3-4-20(26)21(27)16-19/h3-4,16,18H,1-2,5-15,17H2,(H,28,36)(H,29,30,35). The lowest BCUT2D eigenvalue weighted by Gasteiger charge is -2.42.